The van der Waals surface area contributed by atoms with Gasteiger partial charge in [0.15, 0.2) is 0 Å². The van der Waals surface area contributed by atoms with Crippen LogP contribution in [0, 0.1) is 18.4 Å². The van der Waals surface area contributed by atoms with E-state index in [2.05, 4.69) is 5.73 Å². The Labute approximate surface area is 55.2 Å². The molecule has 0 saturated carbocycles. The van der Waals surface area contributed by atoms with Crippen molar-refractivity contribution in [3.63, 3.8) is 0 Å². The van der Waals surface area contributed by atoms with Gasteiger partial charge in [0.2, 0.25) is 0 Å². The van der Waals surface area contributed by atoms with Gasteiger partial charge in [-0.25, -0.2) is 0 Å². The molecule has 5 heteroatoms. The van der Waals surface area contributed by atoms with Crippen LogP contribution in [0.4, 0.5) is 13.2 Å². The number of rotatable bonds is 1. The number of ketones is 1. The molecule has 1 radical (unpaired) electrons. The topological polar surface area (TPSA) is 43.1 Å². The number of hydrogen-bond donors (Lipinski definition) is 1. The highest BCUT2D eigenvalue weighted by Gasteiger charge is 2.37. The Morgan fingerprint density at radius 3 is 2.30 bits per heavy atom. The zero-order valence-electron chi connectivity index (χ0n) is 4.70. The Morgan fingerprint density at radius 2 is 2.00 bits per heavy atom. The SMILES string of the molecule is NC#C[CH]C(=O)C(F)(F)F. The molecule has 2 nitrogen and oxygen atoms in total. The second kappa shape index (κ2) is 3.11. The molecule has 0 unspecified atom stereocenters. The first-order valence-corrected chi connectivity index (χ1v) is 2.14. The van der Waals surface area contributed by atoms with E-state index in [4.69, 9.17) is 0 Å². The van der Waals surface area contributed by atoms with Crippen LogP contribution in [0.25, 0.3) is 0 Å². The summed E-state index contributed by atoms with van der Waals surface area (Å²) >= 11 is 0. The molecule has 0 bridgehead atoms. The third-order valence-electron chi connectivity index (χ3n) is 0.566. The van der Waals surface area contributed by atoms with E-state index < -0.39 is 12.0 Å². The Hall–Kier alpha value is -1.18. The predicted molar refractivity (Wildman–Crippen MR) is 27.3 cm³/mol. The lowest BCUT2D eigenvalue weighted by molar-refractivity contribution is -0.166. The minimum atomic E-state index is -4.84. The molecule has 0 aliphatic carbocycles. The van der Waals surface area contributed by atoms with Crippen LogP contribution in [-0.4, -0.2) is 12.0 Å². The summed E-state index contributed by atoms with van der Waals surface area (Å²) in [5, 5.41) is 0. The predicted octanol–water partition coefficient (Wildman–Crippen LogP) is 0.242. The molecule has 0 spiro atoms. The van der Waals surface area contributed by atoms with E-state index in [1.54, 1.807) is 12.0 Å². The van der Waals surface area contributed by atoms with Crippen LogP contribution in [0.1, 0.15) is 0 Å². The van der Waals surface area contributed by atoms with E-state index in [0.717, 1.165) is 0 Å². The van der Waals surface area contributed by atoms with Gasteiger partial charge in [-0.3, -0.25) is 4.79 Å². The van der Waals surface area contributed by atoms with Crippen molar-refractivity contribution in [1.82, 2.24) is 0 Å². The van der Waals surface area contributed by atoms with Crippen LogP contribution in [0.15, 0.2) is 0 Å². The Morgan fingerprint density at radius 1 is 1.50 bits per heavy atom. The lowest BCUT2D eigenvalue weighted by atomic mass is 10.3. The summed E-state index contributed by atoms with van der Waals surface area (Å²) in [5.41, 5.74) is 4.51. The number of alkyl halides is 3. The fourth-order valence-electron chi connectivity index (χ4n) is 0.189. The van der Waals surface area contributed by atoms with Crippen LogP contribution in [0.2, 0.25) is 0 Å². The maximum Gasteiger partial charge on any atom is 0.451 e. The van der Waals surface area contributed by atoms with E-state index >= 15 is 0 Å². The summed E-state index contributed by atoms with van der Waals surface area (Å²) in [6, 6.07) is 1.64. The lowest BCUT2D eigenvalue weighted by Crippen LogP contribution is -2.22. The number of hydrogen-bond acceptors (Lipinski definition) is 2. The fourth-order valence-corrected chi connectivity index (χ4v) is 0.189. The van der Waals surface area contributed by atoms with Crippen LogP contribution >= 0.6 is 0 Å². The van der Waals surface area contributed by atoms with Crippen molar-refractivity contribution in [2.24, 2.45) is 5.73 Å². The van der Waals surface area contributed by atoms with Crippen LogP contribution < -0.4 is 5.73 Å². The molecular weight excluding hydrogens is 147 g/mol. The summed E-state index contributed by atoms with van der Waals surface area (Å²) < 4.78 is 33.8. The van der Waals surface area contributed by atoms with Crippen molar-refractivity contribution in [3.05, 3.63) is 6.42 Å². The van der Waals surface area contributed by atoms with E-state index in [-0.39, 0.29) is 6.42 Å². The van der Waals surface area contributed by atoms with Crippen molar-refractivity contribution >= 4 is 5.78 Å². The van der Waals surface area contributed by atoms with Gasteiger partial charge in [0, 0.05) is 6.04 Å². The number of nitrogens with two attached hydrogens (primary N) is 1. The first-order valence-electron chi connectivity index (χ1n) is 2.14. The van der Waals surface area contributed by atoms with Gasteiger partial charge >= 0.3 is 6.18 Å². The van der Waals surface area contributed by atoms with Crippen LogP contribution in [0.5, 0.6) is 0 Å². The highest BCUT2D eigenvalue weighted by atomic mass is 19.4. The first-order chi connectivity index (χ1) is 4.48. The first kappa shape index (κ1) is 8.82. The maximum atomic E-state index is 11.3. The standard InChI is InChI=1S/C5H3F3NO/c6-5(7,8)4(10)2-1-3-9/h2H,9H2. The number of halogens is 3. The second-order valence-corrected chi connectivity index (χ2v) is 1.30. The molecule has 55 valence electrons. The summed E-state index contributed by atoms with van der Waals surface area (Å²) in [5.74, 6) is -0.307. The molecule has 0 rings (SSSR count). The van der Waals surface area contributed by atoms with Gasteiger partial charge in [-0.1, -0.05) is 5.92 Å². The van der Waals surface area contributed by atoms with Crippen molar-refractivity contribution in [3.8, 4) is 12.0 Å². The highest BCUT2D eigenvalue weighted by molar-refractivity contribution is 5.94. The molecule has 0 amide bonds. The lowest BCUT2D eigenvalue weighted by Gasteiger charge is -1.98. The third kappa shape index (κ3) is 2.97. The van der Waals surface area contributed by atoms with Gasteiger partial charge in [-0.2, -0.15) is 13.2 Å². The van der Waals surface area contributed by atoms with E-state index in [1.807, 2.05) is 0 Å². The fraction of sp³-hybridized carbons (Fsp3) is 0.200. The third-order valence-corrected chi connectivity index (χ3v) is 0.566. The Bertz CT molecular complexity index is 185. The average Bonchev–Trinajstić information content (AvgIpc) is 1.80. The monoisotopic (exact) mass is 150 g/mol. The molecule has 0 aliphatic rings. The van der Waals surface area contributed by atoms with Crippen molar-refractivity contribution in [2.75, 3.05) is 0 Å². The smallest absolute Gasteiger partial charge is 0.359 e. The minimum Gasteiger partial charge on any atom is -0.359 e. The molecule has 0 saturated heterocycles. The molecule has 0 aliphatic heterocycles. The molecule has 0 fully saturated rings. The van der Waals surface area contributed by atoms with Crippen molar-refractivity contribution < 1.29 is 18.0 Å². The maximum absolute atomic E-state index is 11.3. The summed E-state index contributed by atoms with van der Waals surface area (Å²) in [4.78, 5) is 9.88. The van der Waals surface area contributed by atoms with E-state index in [9.17, 15) is 18.0 Å². The highest BCUT2D eigenvalue weighted by Crippen LogP contribution is 2.16. The number of Topliss-reactive ketones (excluding diaryl/α,β-unsaturated/α-hetero) is 1. The molecule has 0 aromatic rings. The normalized spacial score (nSPS) is 9.90. The van der Waals surface area contributed by atoms with Gasteiger partial charge in [0.25, 0.3) is 5.78 Å². The molecular formula is C5H3F3NO. The zero-order chi connectivity index (χ0) is 8.20. The van der Waals surface area contributed by atoms with Gasteiger partial charge in [-0.15, -0.1) is 0 Å². The molecule has 2 N–H and O–H groups in total. The van der Waals surface area contributed by atoms with Crippen molar-refractivity contribution in [2.45, 2.75) is 6.18 Å². The Kier molecular flexibility index (Phi) is 2.74. The number of carbonyl (C=O) groups is 1. The van der Waals surface area contributed by atoms with E-state index in [1.165, 1.54) is 0 Å². The average molecular weight is 150 g/mol. The van der Waals surface area contributed by atoms with E-state index in [0.29, 0.717) is 0 Å². The summed E-state index contributed by atoms with van der Waals surface area (Å²) in [6.45, 7) is 0. The van der Waals surface area contributed by atoms with Gasteiger partial charge in [-0.05, 0) is 0 Å². The van der Waals surface area contributed by atoms with Gasteiger partial charge < -0.3 is 5.73 Å². The van der Waals surface area contributed by atoms with Gasteiger partial charge in [0.1, 0.15) is 6.42 Å². The summed E-state index contributed by atoms with van der Waals surface area (Å²) in [7, 11) is 0. The van der Waals surface area contributed by atoms with Gasteiger partial charge in [0.05, 0.1) is 0 Å². The Balaban J connectivity index is 3.95. The molecule has 10 heavy (non-hydrogen) atoms. The molecule has 0 atom stereocenters. The zero-order valence-corrected chi connectivity index (χ0v) is 4.70. The quantitative estimate of drug-likeness (QED) is 0.429. The number of carbonyl (C=O) groups excluding carboxylic acids is 1. The minimum absolute atomic E-state index is 0.181. The summed E-state index contributed by atoms with van der Waals surface area (Å²) in [6.07, 6.45) is -4.66. The van der Waals surface area contributed by atoms with Crippen molar-refractivity contribution in [1.29, 1.82) is 0 Å². The van der Waals surface area contributed by atoms with Crippen LogP contribution in [-0.2, 0) is 4.79 Å². The molecule has 0 aromatic carbocycles. The largest absolute Gasteiger partial charge is 0.451 e. The second-order valence-electron chi connectivity index (χ2n) is 1.30. The molecule has 0 aromatic heterocycles. The van der Waals surface area contributed by atoms with Crippen LogP contribution in [0.3, 0.4) is 0 Å². The molecule has 0 heterocycles.